The van der Waals surface area contributed by atoms with Crippen LogP contribution >= 0.6 is 11.6 Å². The smallest absolute Gasteiger partial charge is 0.0426 e. The average Bonchev–Trinajstić information content (AvgIpc) is 2.37. The summed E-state index contributed by atoms with van der Waals surface area (Å²) in [6.07, 6.45) is 8.10. The second-order valence-electron chi connectivity index (χ2n) is 5.61. The van der Waals surface area contributed by atoms with Crippen LogP contribution in [-0.2, 0) is 0 Å². The lowest BCUT2D eigenvalue weighted by Gasteiger charge is -2.30. The lowest BCUT2D eigenvalue weighted by Crippen LogP contribution is -2.26. The third-order valence-corrected chi connectivity index (χ3v) is 4.34. The van der Waals surface area contributed by atoms with E-state index in [4.69, 9.17) is 11.6 Å². The molecule has 1 nitrogen and oxygen atoms in total. The van der Waals surface area contributed by atoms with Gasteiger partial charge in [-0.05, 0) is 56.2 Å². The van der Waals surface area contributed by atoms with Crippen LogP contribution < -0.4 is 5.32 Å². The molecule has 0 saturated heterocycles. The molecule has 0 bridgehead atoms. The molecule has 0 spiro atoms. The number of aryl methyl sites for hydroxylation is 1. The van der Waals surface area contributed by atoms with Gasteiger partial charge in [-0.15, -0.1) is 0 Å². The van der Waals surface area contributed by atoms with Crippen molar-refractivity contribution in [3.05, 3.63) is 28.8 Å². The minimum Gasteiger partial charge on any atom is -0.382 e. The number of halogens is 1. The molecule has 1 aromatic rings. The summed E-state index contributed by atoms with van der Waals surface area (Å²) in [5, 5.41) is 4.49. The van der Waals surface area contributed by atoms with Crippen molar-refractivity contribution in [1.82, 2.24) is 0 Å². The molecule has 100 valence electrons. The molecule has 0 aliphatic heterocycles. The molecule has 2 rings (SSSR count). The molecule has 2 heteroatoms. The lowest BCUT2D eigenvalue weighted by molar-refractivity contribution is 0.319. The average molecular weight is 266 g/mol. The second kappa shape index (κ2) is 6.47. The Morgan fingerprint density at radius 1 is 1.22 bits per heavy atom. The van der Waals surface area contributed by atoms with E-state index in [1.165, 1.54) is 49.8 Å². The van der Waals surface area contributed by atoms with E-state index in [1.54, 1.807) is 0 Å². The molecule has 1 aromatic carbocycles. The van der Waals surface area contributed by atoms with Crippen molar-refractivity contribution < 1.29 is 0 Å². The third-order valence-electron chi connectivity index (χ3n) is 4.10. The van der Waals surface area contributed by atoms with E-state index in [1.807, 2.05) is 6.07 Å². The molecule has 1 N–H and O–H groups in total. The molecule has 0 atom stereocenters. The Labute approximate surface area is 116 Å². The van der Waals surface area contributed by atoms with Crippen LogP contribution in [0.2, 0.25) is 5.02 Å². The highest BCUT2D eigenvalue weighted by atomic mass is 35.5. The fourth-order valence-corrected chi connectivity index (χ4v) is 3.15. The van der Waals surface area contributed by atoms with Crippen LogP contribution in [0.25, 0.3) is 0 Å². The number of benzene rings is 1. The molecule has 0 radical (unpaired) electrons. The highest BCUT2D eigenvalue weighted by molar-refractivity contribution is 6.30. The Morgan fingerprint density at radius 2 is 1.94 bits per heavy atom. The zero-order valence-electron chi connectivity index (χ0n) is 11.5. The van der Waals surface area contributed by atoms with Gasteiger partial charge < -0.3 is 5.32 Å². The first-order chi connectivity index (χ1) is 8.69. The van der Waals surface area contributed by atoms with E-state index in [0.29, 0.717) is 6.04 Å². The van der Waals surface area contributed by atoms with Gasteiger partial charge in [0, 0.05) is 16.8 Å². The van der Waals surface area contributed by atoms with E-state index < -0.39 is 0 Å². The highest BCUT2D eigenvalue weighted by Gasteiger charge is 2.20. The summed E-state index contributed by atoms with van der Waals surface area (Å²) >= 11 is 6.06. The van der Waals surface area contributed by atoms with Gasteiger partial charge in [0.15, 0.2) is 0 Å². The molecule has 0 amide bonds. The van der Waals surface area contributed by atoms with Crippen molar-refractivity contribution >= 4 is 17.3 Å². The van der Waals surface area contributed by atoms with Gasteiger partial charge in [-0.25, -0.2) is 0 Å². The van der Waals surface area contributed by atoms with E-state index in [9.17, 15) is 0 Å². The first-order valence-electron chi connectivity index (χ1n) is 7.21. The molecule has 1 fully saturated rings. The Kier molecular flexibility index (Phi) is 4.94. The first kappa shape index (κ1) is 13.7. The number of anilines is 1. The van der Waals surface area contributed by atoms with Gasteiger partial charge in [-0.3, -0.25) is 0 Å². The Morgan fingerprint density at radius 3 is 2.61 bits per heavy atom. The van der Waals surface area contributed by atoms with Crippen LogP contribution in [0.4, 0.5) is 5.69 Å². The highest BCUT2D eigenvalue weighted by Crippen LogP contribution is 2.30. The van der Waals surface area contributed by atoms with E-state index >= 15 is 0 Å². The summed E-state index contributed by atoms with van der Waals surface area (Å²) in [5.41, 5.74) is 2.50. The maximum atomic E-state index is 6.06. The van der Waals surface area contributed by atoms with Crippen LogP contribution in [0.5, 0.6) is 0 Å². The Balaban J connectivity index is 1.89. The maximum Gasteiger partial charge on any atom is 0.0426 e. The van der Waals surface area contributed by atoms with Gasteiger partial charge in [0.1, 0.15) is 0 Å². The molecule has 1 aliphatic carbocycles. The fraction of sp³-hybridized carbons (Fsp3) is 0.625. The molecule has 1 saturated carbocycles. The lowest BCUT2D eigenvalue weighted by atomic mass is 9.83. The molecule has 18 heavy (non-hydrogen) atoms. The summed E-state index contributed by atoms with van der Waals surface area (Å²) in [6, 6.07) is 6.73. The summed E-state index contributed by atoms with van der Waals surface area (Å²) in [7, 11) is 0. The molecular weight excluding hydrogens is 242 g/mol. The van der Waals surface area contributed by atoms with Crippen molar-refractivity contribution in [3.8, 4) is 0 Å². The van der Waals surface area contributed by atoms with Crippen molar-refractivity contribution in [2.24, 2.45) is 5.92 Å². The van der Waals surface area contributed by atoms with Crippen LogP contribution in [0.3, 0.4) is 0 Å². The topological polar surface area (TPSA) is 12.0 Å². The van der Waals surface area contributed by atoms with Crippen LogP contribution in [0, 0.1) is 12.8 Å². The Bertz CT molecular complexity index is 381. The largest absolute Gasteiger partial charge is 0.382 e. The minimum absolute atomic E-state index is 0.635. The number of nitrogens with one attached hydrogen (secondary N) is 1. The molecule has 1 aliphatic rings. The van der Waals surface area contributed by atoms with Crippen LogP contribution in [-0.4, -0.2) is 6.04 Å². The Hall–Kier alpha value is -0.690. The van der Waals surface area contributed by atoms with Gasteiger partial charge in [0.05, 0.1) is 0 Å². The summed E-state index contributed by atoms with van der Waals surface area (Å²) in [4.78, 5) is 0. The molecule has 0 unspecified atom stereocenters. The summed E-state index contributed by atoms with van der Waals surface area (Å²) in [6.45, 7) is 4.43. The van der Waals surface area contributed by atoms with Crippen LogP contribution in [0.1, 0.15) is 51.0 Å². The van der Waals surface area contributed by atoms with Crippen molar-refractivity contribution in [3.63, 3.8) is 0 Å². The SMILES string of the molecule is CCCC1CCC(Nc2cc(Cl)ccc2C)CC1. The number of rotatable bonds is 4. The summed E-state index contributed by atoms with van der Waals surface area (Å²) < 4.78 is 0. The standard InChI is InChI=1S/C16H24ClN/c1-3-4-13-6-9-15(10-7-13)18-16-11-14(17)8-5-12(16)2/h5,8,11,13,15,18H,3-4,6-7,9-10H2,1-2H3. The van der Waals surface area contributed by atoms with E-state index in [2.05, 4.69) is 31.3 Å². The normalized spacial score (nSPS) is 23.9. The van der Waals surface area contributed by atoms with Crippen molar-refractivity contribution in [2.75, 3.05) is 5.32 Å². The molecular formula is C16H24ClN. The van der Waals surface area contributed by atoms with Gasteiger partial charge in [0.25, 0.3) is 0 Å². The van der Waals surface area contributed by atoms with Crippen LogP contribution in [0.15, 0.2) is 18.2 Å². The van der Waals surface area contributed by atoms with Crippen molar-refractivity contribution in [2.45, 2.75) is 58.4 Å². The quantitative estimate of drug-likeness (QED) is 0.767. The number of hydrogen-bond donors (Lipinski definition) is 1. The van der Waals surface area contributed by atoms with Gasteiger partial charge in [0.2, 0.25) is 0 Å². The maximum absolute atomic E-state index is 6.06. The predicted molar refractivity (Wildman–Crippen MR) is 80.5 cm³/mol. The van der Waals surface area contributed by atoms with Gasteiger partial charge in [-0.2, -0.15) is 0 Å². The first-order valence-corrected chi connectivity index (χ1v) is 7.59. The second-order valence-corrected chi connectivity index (χ2v) is 6.05. The minimum atomic E-state index is 0.635. The predicted octanol–water partition coefficient (Wildman–Crippen LogP) is 5.42. The fourth-order valence-electron chi connectivity index (χ4n) is 2.97. The molecule has 0 heterocycles. The monoisotopic (exact) mass is 265 g/mol. The number of hydrogen-bond acceptors (Lipinski definition) is 1. The molecule has 0 aromatic heterocycles. The van der Waals surface area contributed by atoms with Crippen molar-refractivity contribution in [1.29, 1.82) is 0 Å². The zero-order valence-corrected chi connectivity index (χ0v) is 12.3. The van der Waals surface area contributed by atoms with E-state index in [0.717, 1.165) is 10.9 Å². The van der Waals surface area contributed by atoms with Gasteiger partial charge >= 0.3 is 0 Å². The van der Waals surface area contributed by atoms with E-state index in [-0.39, 0.29) is 0 Å². The summed E-state index contributed by atoms with van der Waals surface area (Å²) in [5.74, 6) is 0.966. The third kappa shape index (κ3) is 3.65. The zero-order chi connectivity index (χ0) is 13.0. The van der Waals surface area contributed by atoms with Gasteiger partial charge in [-0.1, -0.05) is 37.4 Å².